The summed E-state index contributed by atoms with van der Waals surface area (Å²) >= 11 is 0. The molecule has 1 amide bonds. The standard InChI is InChI=1S/C17H20F2N4O.FH2P/c1-11(8-16(18)19)17(24)23(13-5-6-13)15-10-22(21-12(15)2)14-4-3-7-20-9-14;1-2/h3-4,7,9-11,13,16H,5-6,8H2,1-2H3;2H2. The highest BCUT2D eigenvalue weighted by atomic mass is 31.1. The van der Waals surface area contributed by atoms with Crippen LogP contribution in [-0.2, 0) is 4.79 Å². The maximum Gasteiger partial charge on any atom is 0.239 e. The number of rotatable bonds is 6. The van der Waals surface area contributed by atoms with Crippen molar-refractivity contribution in [2.75, 3.05) is 4.90 Å². The van der Waals surface area contributed by atoms with Crippen LogP contribution in [0.3, 0.4) is 0 Å². The number of nitrogens with zero attached hydrogens (tertiary/aromatic N) is 4. The van der Waals surface area contributed by atoms with E-state index in [0.29, 0.717) is 11.4 Å². The van der Waals surface area contributed by atoms with Crippen LogP contribution in [0, 0.1) is 12.8 Å². The van der Waals surface area contributed by atoms with Gasteiger partial charge in [0.2, 0.25) is 12.3 Å². The van der Waals surface area contributed by atoms with Crippen LogP contribution in [0.4, 0.5) is 18.7 Å². The van der Waals surface area contributed by atoms with Gasteiger partial charge in [-0.2, -0.15) is 5.10 Å². The van der Waals surface area contributed by atoms with Gasteiger partial charge in [-0.05, 0) is 31.9 Å². The lowest BCUT2D eigenvalue weighted by Crippen LogP contribution is -2.38. The van der Waals surface area contributed by atoms with Crippen molar-refractivity contribution >= 4 is 21.1 Å². The first-order chi connectivity index (χ1) is 12.5. The van der Waals surface area contributed by atoms with Gasteiger partial charge in [-0.1, -0.05) is 6.92 Å². The molecule has 3 rings (SSSR count). The number of carbonyl (C=O) groups excluding carboxylic acids is 1. The van der Waals surface area contributed by atoms with Gasteiger partial charge < -0.3 is 4.90 Å². The number of aromatic nitrogens is 3. The summed E-state index contributed by atoms with van der Waals surface area (Å²) < 4.78 is 36.4. The number of halogens is 3. The van der Waals surface area contributed by atoms with Gasteiger partial charge in [-0.15, -0.1) is 0 Å². The number of amides is 1. The normalized spacial score (nSPS) is 14.6. The molecule has 2 aromatic rings. The second kappa shape index (κ2) is 9.12. The van der Waals surface area contributed by atoms with Crippen molar-refractivity contribution < 1.29 is 17.8 Å². The van der Waals surface area contributed by atoms with Crippen LogP contribution in [0.5, 0.6) is 0 Å². The largest absolute Gasteiger partial charge is 0.306 e. The zero-order chi connectivity index (χ0) is 19.3. The Bertz CT molecular complexity index is 722. The minimum Gasteiger partial charge on any atom is -0.306 e. The third-order valence-electron chi connectivity index (χ3n) is 4.15. The van der Waals surface area contributed by atoms with E-state index in [1.54, 1.807) is 41.2 Å². The van der Waals surface area contributed by atoms with Crippen LogP contribution in [0.2, 0.25) is 0 Å². The number of hydrogen-bond donors (Lipinski definition) is 0. The molecule has 0 aliphatic heterocycles. The van der Waals surface area contributed by atoms with Crippen molar-refractivity contribution in [1.29, 1.82) is 0 Å². The first-order valence-electron chi connectivity index (χ1n) is 8.27. The minimum absolute atomic E-state index is 0.0860. The molecule has 0 saturated heterocycles. The summed E-state index contributed by atoms with van der Waals surface area (Å²) in [6.07, 6.45) is 4.01. The monoisotopic (exact) mass is 386 g/mol. The fourth-order valence-electron chi connectivity index (χ4n) is 2.74. The quantitative estimate of drug-likeness (QED) is 0.702. The van der Waals surface area contributed by atoms with E-state index in [-0.39, 0.29) is 11.9 Å². The maximum atomic E-state index is 12.7. The maximum absolute atomic E-state index is 12.7. The first-order valence-corrected chi connectivity index (χ1v) is 8.70. The SMILES string of the molecule is Cc1nn(-c2cccnc2)cc1N(C(=O)C(C)CC(F)F)C1CC1.FP. The van der Waals surface area contributed by atoms with Crippen LogP contribution in [0.25, 0.3) is 5.69 Å². The fraction of sp³-hybridized carbons (Fsp3) is 0.471. The van der Waals surface area contributed by atoms with E-state index >= 15 is 0 Å². The average molecular weight is 386 g/mol. The van der Waals surface area contributed by atoms with E-state index in [1.807, 2.05) is 13.0 Å². The van der Waals surface area contributed by atoms with Gasteiger partial charge in [0.25, 0.3) is 0 Å². The third-order valence-corrected chi connectivity index (χ3v) is 4.15. The average Bonchev–Trinajstić information content (AvgIpc) is 3.40. The Hall–Kier alpha value is -1.95. The highest BCUT2D eigenvalue weighted by molar-refractivity contribution is 7.09. The molecule has 2 aromatic heterocycles. The van der Waals surface area contributed by atoms with E-state index < -0.39 is 18.8 Å². The molecule has 1 aliphatic carbocycles. The van der Waals surface area contributed by atoms with E-state index in [9.17, 15) is 17.8 Å². The molecule has 9 heteroatoms. The lowest BCUT2D eigenvalue weighted by atomic mass is 10.1. The predicted molar refractivity (Wildman–Crippen MR) is 97.2 cm³/mol. The highest BCUT2D eigenvalue weighted by Gasteiger charge is 2.37. The summed E-state index contributed by atoms with van der Waals surface area (Å²) in [5, 5.41) is 4.45. The van der Waals surface area contributed by atoms with Gasteiger partial charge in [0.05, 0.1) is 39.0 Å². The number of aryl methyl sites for hydroxylation is 1. The van der Waals surface area contributed by atoms with Gasteiger partial charge in [-0.3, -0.25) is 9.78 Å². The third kappa shape index (κ3) is 4.81. The molecule has 5 nitrogen and oxygen atoms in total. The van der Waals surface area contributed by atoms with Crippen LogP contribution in [0.1, 0.15) is 31.9 Å². The Balaban J connectivity index is 0.00000117. The lowest BCUT2D eigenvalue weighted by Gasteiger charge is -2.25. The van der Waals surface area contributed by atoms with E-state index in [1.165, 1.54) is 0 Å². The zero-order valence-electron chi connectivity index (χ0n) is 14.6. The second-order valence-electron chi connectivity index (χ2n) is 6.22. The summed E-state index contributed by atoms with van der Waals surface area (Å²) in [6.45, 7) is 3.38. The molecule has 0 aromatic carbocycles. The Morgan fingerprint density at radius 2 is 2.12 bits per heavy atom. The summed E-state index contributed by atoms with van der Waals surface area (Å²) in [5.74, 6) is -0.974. The van der Waals surface area contributed by atoms with Gasteiger partial charge >= 0.3 is 0 Å². The molecular formula is C17H22F3N4OP. The van der Waals surface area contributed by atoms with Crippen LogP contribution >= 0.6 is 9.55 Å². The first kappa shape index (κ1) is 20.4. The van der Waals surface area contributed by atoms with Crippen molar-refractivity contribution in [2.24, 2.45) is 5.92 Å². The van der Waals surface area contributed by atoms with E-state index in [0.717, 1.165) is 28.1 Å². The molecule has 142 valence electrons. The van der Waals surface area contributed by atoms with Crippen molar-refractivity contribution in [1.82, 2.24) is 14.8 Å². The van der Waals surface area contributed by atoms with E-state index in [4.69, 9.17) is 0 Å². The highest BCUT2D eigenvalue weighted by Crippen LogP contribution is 2.35. The van der Waals surface area contributed by atoms with Gasteiger partial charge in [0, 0.05) is 24.6 Å². The molecule has 0 N–H and O–H groups in total. The molecule has 1 saturated carbocycles. The Morgan fingerprint density at radius 1 is 1.42 bits per heavy atom. The molecule has 1 aliphatic rings. The number of pyridine rings is 1. The molecule has 2 atom stereocenters. The molecule has 0 bridgehead atoms. The van der Waals surface area contributed by atoms with Crippen LogP contribution < -0.4 is 4.90 Å². The topological polar surface area (TPSA) is 51.0 Å². The number of anilines is 1. The smallest absolute Gasteiger partial charge is 0.239 e. The second-order valence-corrected chi connectivity index (χ2v) is 6.22. The summed E-state index contributed by atoms with van der Waals surface area (Å²) in [7, 11) is 0.917. The Labute approximate surface area is 152 Å². The van der Waals surface area contributed by atoms with Crippen molar-refractivity contribution in [3.8, 4) is 5.69 Å². The minimum atomic E-state index is -2.48. The predicted octanol–water partition coefficient (Wildman–Crippen LogP) is 4.11. The summed E-state index contributed by atoms with van der Waals surface area (Å²) in [5.41, 5.74) is 2.17. The number of carbonyl (C=O) groups is 1. The Morgan fingerprint density at radius 3 is 2.65 bits per heavy atom. The fourth-order valence-corrected chi connectivity index (χ4v) is 2.74. The van der Waals surface area contributed by atoms with E-state index in [2.05, 4.69) is 10.1 Å². The Kier molecular flexibility index (Phi) is 7.14. The zero-order valence-corrected chi connectivity index (χ0v) is 15.8. The van der Waals surface area contributed by atoms with Gasteiger partial charge in [-0.25, -0.2) is 17.7 Å². The van der Waals surface area contributed by atoms with Crippen LogP contribution in [0.15, 0.2) is 30.7 Å². The molecule has 0 spiro atoms. The van der Waals surface area contributed by atoms with Crippen molar-refractivity contribution in [3.63, 3.8) is 0 Å². The molecule has 1 fully saturated rings. The van der Waals surface area contributed by atoms with Gasteiger partial charge in [0.1, 0.15) is 0 Å². The number of hydrogen-bond acceptors (Lipinski definition) is 3. The summed E-state index contributed by atoms with van der Waals surface area (Å²) in [6, 6.07) is 3.76. The number of alkyl halides is 2. The molecule has 2 heterocycles. The molecule has 2 unspecified atom stereocenters. The van der Waals surface area contributed by atoms with Crippen molar-refractivity contribution in [3.05, 3.63) is 36.4 Å². The molecule has 26 heavy (non-hydrogen) atoms. The van der Waals surface area contributed by atoms with Crippen LogP contribution in [-0.4, -0.2) is 33.1 Å². The molecular weight excluding hydrogens is 364 g/mol. The lowest BCUT2D eigenvalue weighted by molar-refractivity contribution is -0.123. The van der Waals surface area contributed by atoms with Gasteiger partial charge in [0.15, 0.2) is 0 Å². The molecule has 0 radical (unpaired) electrons. The summed E-state index contributed by atoms with van der Waals surface area (Å²) in [4.78, 5) is 18.4. The van der Waals surface area contributed by atoms with Crippen molar-refractivity contribution in [2.45, 2.75) is 45.6 Å².